The van der Waals surface area contributed by atoms with Gasteiger partial charge in [0, 0.05) is 5.02 Å². The van der Waals surface area contributed by atoms with Gasteiger partial charge in [0.2, 0.25) is 0 Å². The Kier molecular flexibility index (Phi) is 4.40. The van der Waals surface area contributed by atoms with Crippen molar-refractivity contribution in [2.45, 2.75) is 19.6 Å². The Labute approximate surface area is 116 Å². The molecule has 2 rings (SSSR count). The molecule has 0 radical (unpaired) electrons. The molecular weight excluding hydrogens is 267 g/mol. The molecule has 0 heterocycles. The van der Waals surface area contributed by atoms with Crippen molar-refractivity contribution < 1.29 is 14.2 Å². The van der Waals surface area contributed by atoms with Gasteiger partial charge in [-0.1, -0.05) is 29.8 Å². The molecule has 0 saturated carbocycles. The maximum atomic E-state index is 13.7. The summed E-state index contributed by atoms with van der Waals surface area (Å²) in [5.41, 5.74) is 1.43. The maximum Gasteiger partial charge on any atom is 0.165 e. The van der Waals surface area contributed by atoms with Crippen molar-refractivity contribution in [2.24, 2.45) is 0 Å². The fourth-order valence-electron chi connectivity index (χ4n) is 1.64. The van der Waals surface area contributed by atoms with E-state index in [9.17, 15) is 9.50 Å². The number of hydrogen-bond donors (Lipinski definition) is 1. The van der Waals surface area contributed by atoms with E-state index in [2.05, 4.69) is 0 Å². The van der Waals surface area contributed by atoms with Crippen LogP contribution in [0.1, 0.15) is 24.2 Å². The Morgan fingerprint density at radius 2 is 1.89 bits per heavy atom. The monoisotopic (exact) mass is 280 g/mol. The smallest absolute Gasteiger partial charge is 0.165 e. The number of halogens is 2. The molecule has 0 aliphatic rings. The zero-order valence-corrected chi connectivity index (χ0v) is 11.2. The van der Waals surface area contributed by atoms with Crippen molar-refractivity contribution in [3.8, 4) is 5.75 Å². The van der Waals surface area contributed by atoms with Crippen LogP contribution in [0.5, 0.6) is 5.75 Å². The molecule has 2 aromatic carbocycles. The van der Waals surface area contributed by atoms with Crippen LogP contribution in [0.25, 0.3) is 0 Å². The van der Waals surface area contributed by atoms with Gasteiger partial charge in [-0.05, 0) is 42.3 Å². The highest BCUT2D eigenvalue weighted by Gasteiger charge is 2.08. The number of hydrogen-bond acceptors (Lipinski definition) is 2. The van der Waals surface area contributed by atoms with E-state index in [0.717, 1.165) is 5.56 Å². The van der Waals surface area contributed by atoms with Gasteiger partial charge in [0.1, 0.15) is 6.61 Å². The molecule has 1 N–H and O–H groups in total. The zero-order valence-electron chi connectivity index (χ0n) is 10.4. The van der Waals surface area contributed by atoms with Crippen LogP contribution in [-0.4, -0.2) is 5.11 Å². The fraction of sp³-hybridized carbons (Fsp3) is 0.200. The molecule has 1 atom stereocenters. The van der Waals surface area contributed by atoms with E-state index >= 15 is 0 Å². The van der Waals surface area contributed by atoms with Gasteiger partial charge in [-0.15, -0.1) is 0 Å². The van der Waals surface area contributed by atoms with Crippen molar-refractivity contribution in [1.82, 2.24) is 0 Å². The number of rotatable bonds is 4. The number of ether oxygens (including phenoxy) is 1. The van der Waals surface area contributed by atoms with E-state index in [0.29, 0.717) is 10.6 Å². The molecule has 0 bridgehead atoms. The van der Waals surface area contributed by atoms with Crippen LogP contribution >= 0.6 is 11.6 Å². The van der Waals surface area contributed by atoms with Gasteiger partial charge >= 0.3 is 0 Å². The predicted octanol–water partition coefficient (Wildman–Crippen LogP) is 4.11. The molecule has 19 heavy (non-hydrogen) atoms. The van der Waals surface area contributed by atoms with Crippen molar-refractivity contribution in [2.75, 3.05) is 0 Å². The van der Waals surface area contributed by atoms with E-state index < -0.39 is 11.9 Å². The lowest BCUT2D eigenvalue weighted by Gasteiger charge is -2.10. The summed E-state index contributed by atoms with van der Waals surface area (Å²) in [5.74, 6) is -0.313. The van der Waals surface area contributed by atoms with Gasteiger partial charge in [0.15, 0.2) is 11.6 Å². The zero-order chi connectivity index (χ0) is 13.8. The highest BCUT2D eigenvalue weighted by Crippen LogP contribution is 2.23. The molecule has 0 aromatic heterocycles. The van der Waals surface area contributed by atoms with Crippen LogP contribution in [-0.2, 0) is 6.61 Å². The van der Waals surface area contributed by atoms with E-state index in [1.54, 1.807) is 25.1 Å². The van der Waals surface area contributed by atoms with E-state index in [-0.39, 0.29) is 12.4 Å². The molecule has 100 valence electrons. The van der Waals surface area contributed by atoms with Crippen LogP contribution in [0, 0.1) is 5.82 Å². The molecule has 0 amide bonds. The van der Waals surface area contributed by atoms with Gasteiger partial charge in [0.25, 0.3) is 0 Å². The van der Waals surface area contributed by atoms with Crippen molar-refractivity contribution >= 4 is 11.6 Å². The quantitative estimate of drug-likeness (QED) is 0.913. The summed E-state index contributed by atoms with van der Waals surface area (Å²) in [6.07, 6.45) is -0.695. The molecule has 2 aromatic rings. The summed E-state index contributed by atoms with van der Waals surface area (Å²) in [6.45, 7) is 1.85. The Morgan fingerprint density at radius 3 is 2.47 bits per heavy atom. The third kappa shape index (κ3) is 3.69. The Balaban J connectivity index is 2.05. The van der Waals surface area contributed by atoms with Crippen molar-refractivity contribution in [3.05, 3.63) is 64.4 Å². The molecule has 0 spiro atoms. The third-order valence-corrected chi connectivity index (χ3v) is 3.00. The van der Waals surface area contributed by atoms with Gasteiger partial charge in [-0.2, -0.15) is 0 Å². The van der Waals surface area contributed by atoms with E-state index in [1.807, 2.05) is 12.1 Å². The second kappa shape index (κ2) is 6.04. The first-order valence-corrected chi connectivity index (χ1v) is 6.29. The Hall–Kier alpha value is -1.58. The first-order valence-electron chi connectivity index (χ1n) is 5.91. The molecule has 0 saturated heterocycles. The van der Waals surface area contributed by atoms with Gasteiger partial charge in [0.05, 0.1) is 6.10 Å². The standard InChI is InChI=1S/C15H14ClFO2/c1-10(18)12-4-7-15(14(17)8-12)19-9-11-2-5-13(16)6-3-11/h2-8,10,18H,9H2,1H3. The molecule has 2 nitrogen and oxygen atoms in total. The molecule has 0 aliphatic heterocycles. The molecular formula is C15H14ClFO2. The SMILES string of the molecule is CC(O)c1ccc(OCc2ccc(Cl)cc2)c(F)c1. The summed E-state index contributed by atoms with van der Waals surface area (Å²) >= 11 is 5.78. The van der Waals surface area contributed by atoms with Gasteiger partial charge < -0.3 is 9.84 Å². The maximum absolute atomic E-state index is 13.7. The summed E-state index contributed by atoms with van der Waals surface area (Å²) in [7, 11) is 0. The average Bonchev–Trinajstić information content (AvgIpc) is 2.39. The lowest BCUT2D eigenvalue weighted by Crippen LogP contribution is -1.99. The third-order valence-electron chi connectivity index (χ3n) is 2.75. The Morgan fingerprint density at radius 1 is 1.21 bits per heavy atom. The van der Waals surface area contributed by atoms with Crippen molar-refractivity contribution in [1.29, 1.82) is 0 Å². The molecule has 4 heteroatoms. The predicted molar refractivity (Wildman–Crippen MR) is 72.8 cm³/mol. The normalized spacial score (nSPS) is 12.2. The second-order valence-corrected chi connectivity index (χ2v) is 4.72. The minimum Gasteiger partial charge on any atom is -0.486 e. The first-order chi connectivity index (χ1) is 9.06. The summed E-state index contributed by atoms with van der Waals surface area (Å²) in [6, 6.07) is 11.6. The average molecular weight is 281 g/mol. The number of benzene rings is 2. The minimum absolute atomic E-state index is 0.166. The summed E-state index contributed by atoms with van der Waals surface area (Å²) in [5, 5.41) is 10.0. The van der Waals surface area contributed by atoms with Crippen molar-refractivity contribution in [3.63, 3.8) is 0 Å². The molecule has 0 fully saturated rings. The number of aliphatic hydroxyl groups is 1. The lowest BCUT2D eigenvalue weighted by molar-refractivity contribution is 0.198. The van der Waals surface area contributed by atoms with Crippen LogP contribution in [0.15, 0.2) is 42.5 Å². The fourth-order valence-corrected chi connectivity index (χ4v) is 1.76. The highest BCUT2D eigenvalue weighted by molar-refractivity contribution is 6.30. The van der Waals surface area contributed by atoms with Crippen LogP contribution in [0.4, 0.5) is 4.39 Å². The van der Waals surface area contributed by atoms with Crippen LogP contribution in [0.2, 0.25) is 5.02 Å². The largest absolute Gasteiger partial charge is 0.486 e. The number of aliphatic hydroxyl groups excluding tert-OH is 1. The topological polar surface area (TPSA) is 29.5 Å². The molecule has 1 unspecified atom stereocenters. The lowest BCUT2D eigenvalue weighted by atomic mass is 10.1. The van der Waals surface area contributed by atoms with Gasteiger partial charge in [-0.3, -0.25) is 0 Å². The summed E-state index contributed by atoms with van der Waals surface area (Å²) < 4.78 is 19.1. The van der Waals surface area contributed by atoms with Crippen LogP contribution < -0.4 is 4.74 Å². The summed E-state index contributed by atoms with van der Waals surface area (Å²) in [4.78, 5) is 0. The second-order valence-electron chi connectivity index (χ2n) is 4.28. The minimum atomic E-state index is -0.695. The Bertz CT molecular complexity index is 553. The van der Waals surface area contributed by atoms with Gasteiger partial charge in [-0.25, -0.2) is 4.39 Å². The van der Waals surface area contributed by atoms with E-state index in [4.69, 9.17) is 16.3 Å². The highest BCUT2D eigenvalue weighted by atomic mass is 35.5. The first kappa shape index (κ1) is 13.8. The molecule has 0 aliphatic carbocycles. The van der Waals surface area contributed by atoms with Crippen LogP contribution in [0.3, 0.4) is 0 Å². The van der Waals surface area contributed by atoms with E-state index in [1.165, 1.54) is 12.1 Å².